The number of aryl methyl sites for hydroxylation is 1. The summed E-state index contributed by atoms with van der Waals surface area (Å²) >= 11 is 0. The molecule has 124 valence electrons. The minimum atomic E-state index is -0.890. The van der Waals surface area contributed by atoms with Crippen molar-refractivity contribution in [3.63, 3.8) is 0 Å². The maximum absolute atomic E-state index is 13.5. The average Bonchev–Trinajstić information content (AvgIpc) is 2.83. The normalized spacial score (nSPS) is 11.0. The number of aromatic nitrogens is 1. The van der Waals surface area contributed by atoms with Crippen molar-refractivity contribution in [2.24, 2.45) is 0 Å². The van der Waals surface area contributed by atoms with Crippen molar-refractivity contribution in [1.82, 2.24) is 4.98 Å². The van der Waals surface area contributed by atoms with Crippen molar-refractivity contribution in [1.29, 1.82) is 0 Å². The van der Waals surface area contributed by atoms with E-state index >= 15 is 0 Å². The first-order chi connectivity index (χ1) is 11.5. The highest BCUT2D eigenvalue weighted by molar-refractivity contribution is 5.92. The van der Waals surface area contributed by atoms with Gasteiger partial charge in [-0.15, -0.1) is 0 Å². The summed E-state index contributed by atoms with van der Waals surface area (Å²) in [7, 11) is 1.58. The van der Waals surface area contributed by atoms with Gasteiger partial charge in [0.05, 0.1) is 13.5 Å². The summed E-state index contributed by atoms with van der Waals surface area (Å²) in [5.74, 6) is -0.523. The van der Waals surface area contributed by atoms with E-state index in [2.05, 4.69) is 4.98 Å². The van der Waals surface area contributed by atoms with Crippen LogP contribution in [0.1, 0.15) is 22.4 Å². The zero-order chi connectivity index (χ0) is 17.3. The lowest BCUT2D eigenvalue weighted by Crippen LogP contribution is -2.03. The quantitative estimate of drug-likeness (QED) is 0.748. The van der Waals surface area contributed by atoms with Crippen LogP contribution in [0.25, 0.3) is 10.9 Å². The molecule has 0 bridgehead atoms. The minimum absolute atomic E-state index is 0.0743. The molecule has 5 heteroatoms. The Morgan fingerprint density at radius 1 is 1.25 bits per heavy atom. The molecule has 3 aromatic rings. The number of benzene rings is 2. The number of halogens is 1. The predicted molar refractivity (Wildman–Crippen MR) is 90.1 cm³/mol. The lowest BCUT2D eigenvalue weighted by molar-refractivity contribution is -0.136. The maximum Gasteiger partial charge on any atom is 0.307 e. The number of aromatic amines is 1. The molecule has 0 amide bonds. The molecule has 24 heavy (non-hydrogen) atoms. The molecule has 1 aromatic heterocycles. The Bertz CT molecular complexity index is 914. The molecule has 0 aliphatic heterocycles. The summed E-state index contributed by atoms with van der Waals surface area (Å²) in [6, 6.07) is 10.1. The Kier molecular flexibility index (Phi) is 4.25. The van der Waals surface area contributed by atoms with Crippen LogP contribution in [0, 0.1) is 12.7 Å². The Hall–Kier alpha value is -2.82. The number of carboxylic acids is 1. The molecule has 1 heterocycles. The third-order valence-electron chi connectivity index (χ3n) is 4.16. The first kappa shape index (κ1) is 16.1. The van der Waals surface area contributed by atoms with Crippen LogP contribution in [0.2, 0.25) is 0 Å². The van der Waals surface area contributed by atoms with Crippen LogP contribution in [-0.4, -0.2) is 23.2 Å². The predicted octanol–water partition coefficient (Wildman–Crippen LogP) is 3.84. The van der Waals surface area contributed by atoms with Crippen LogP contribution in [0.5, 0.6) is 5.75 Å². The van der Waals surface area contributed by atoms with Gasteiger partial charge in [-0.2, -0.15) is 0 Å². The van der Waals surface area contributed by atoms with Crippen LogP contribution in [0.3, 0.4) is 0 Å². The molecule has 0 radical (unpaired) electrons. The number of hydrogen-bond acceptors (Lipinski definition) is 2. The van der Waals surface area contributed by atoms with Crippen LogP contribution >= 0.6 is 0 Å². The SMILES string of the molecule is COc1ccc2[nH]c(C)c(CC(=O)O)c2c1Cc1cccc(F)c1. The molecule has 0 aliphatic carbocycles. The number of rotatable bonds is 5. The monoisotopic (exact) mass is 327 g/mol. The van der Waals surface area contributed by atoms with E-state index in [0.717, 1.165) is 33.3 Å². The van der Waals surface area contributed by atoms with Gasteiger partial charge in [0.1, 0.15) is 11.6 Å². The largest absolute Gasteiger partial charge is 0.496 e. The van der Waals surface area contributed by atoms with Gasteiger partial charge in [0, 0.05) is 28.6 Å². The van der Waals surface area contributed by atoms with Gasteiger partial charge in [0.2, 0.25) is 0 Å². The van der Waals surface area contributed by atoms with Gasteiger partial charge in [-0.25, -0.2) is 4.39 Å². The number of H-pyrrole nitrogens is 1. The number of carboxylic acid groups (broad SMARTS) is 1. The zero-order valence-corrected chi connectivity index (χ0v) is 13.5. The molecule has 2 aromatic carbocycles. The minimum Gasteiger partial charge on any atom is -0.496 e. The summed E-state index contributed by atoms with van der Waals surface area (Å²) in [4.78, 5) is 14.5. The fourth-order valence-corrected chi connectivity index (χ4v) is 3.13. The van der Waals surface area contributed by atoms with E-state index in [4.69, 9.17) is 4.74 Å². The van der Waals surface area contributed by atoms with E-state index in [9.17, 15) is 14.3 Å². The molecule has 2 N–H and O–H groups in total. The summed E-state index contributed by atoms with van der Waals surface area (Å²) in [5, 5.41) is 10.1. The molecule has 0 atom stereocenters. The second-order valence-electron chi connectivity index (χ2n) is 5.77. The van der Waals surface area contributed by atoms with Crippen molar-refractivity contribution in [2.75, 3.05) is 7.11 Å². The van der Waals surface area contributed by atoms with Gasteiger partial charge in [0.25, 0.3) is 0 Å². The Balaban J connectivity index is 2.21. The Morgan fingerprint density at radius 3 is 2.71 bits per heavy atom. The number of methoxy groups -OCH3 is 1. The highest BCUT2D eigenvalue weighted by atomic mass is 19.1. The molecule has 0 saturated carbocycles. The molecule has 0 unspecified atom stereocenters. The molecule has 3 rings (SSSR count). The van der Waals surface area contributed by atoms with E-state index < -0.39 is 5.97 Å². The first-order valence-electron chi connectivity index (χ1n) is 7.63. The van der Waals surface area contributed by atoms with Gasteiger partial charge < -0.3 is 14.8 Å². The van der Waals surface area contributed by atoms with E-state index in [1.807, 2.05) is 25.1 Å². The van der Waals surface area contributed by atoms with Crippen LogP contribution in [-0.2, 0) is 17.6 Å². The number of hydrogen-bond donors (Lipinski definition) is 2. The van der Waals surface area contributed by atoms with Gasteiger partial charge in [-0.05, 0) is 42.3 Å². The summed E-state index contributed by atoms with van der Waals surface area (Å²) < 4.78 is 19.0. The van der Waals surface area contributed by atoms with Gasteiger partial charge in [-0.3, -0.25) is 4.79 Å². The number of nitrogens with one attached hydrogen (secondary N) is 1. The molecule has 0 saturated heterocycles. The number of fused-ring (bicyclic) bond motifs is 1. The molecular formula is C19H18FNO3. The van der Waals surface area contributed by atoms with E-state index in [0.29, 0.717) is 12.2 Å². The van der Waals surface area contributed by atoms with Gasteiger partial charge >= 0.3 is 5.97 Å². The second-order valence-corrected chi connectivity index (χ2v) is 5.77. The summed E-state index contributed by atoms with van der Waals surface area (Å²) in [6.45, 7) is 1.86. The lowest BCUT2D eigenvalue weighted by Gasteiger charge is -2.12. The van der Waals surface area contributed by atoms with Crippen molar-refractivity contribution in [3.05, 3.63) is 64.6 Å². The third-order valence-corrected chi connectivity index (χ3v) is 4.16. The first-order valence-corrected chi connectivity index (χ1v) is 7.63. The van der Waals surface area contributed by atoms with Crippen LogP contribution < -0.4 is 4.74 Å². The Morgan fingerprint density at radius 2 is 2.04 bits per heavy atom. The van der Waals surface area contributed by atoms with E-state index in [1.54, 1.807) is 13.2 Å². The van der Waals surface area contributed by atoms with Gasteiger partial charge in [-0.1, -0.05) is 12.1 Å². The highest BCUT2D eigenvalue weighted by Gasteiger charge is 2.18. The maximum atomic E-state index is 13.5. The zero-order valence-electron chi connectivity index (χ0n) is 13.5. The topological polar surface area (TPSA) is 62.3 Å². The van der Waals surface area contributed by atoms with Crippen molar-refractivity contribution < 1.29 is 19.0 Å². The number of aliphatic carboxylic acids is 1. The highest BCUT2D eigenvalue weighted by Crippen LogP contribution is 2.34. The Labute approximate surface area is 138 Å². The molecule has 0 fully saturated rings. The third kappa shape index (κ3) is 2.97. The standard InChI is InChI=1S/C19H18FNO3/c1-11-14(10-18(22)23)19-15(9-12-4-3-5-13(20)8-12)17(24-2)7-6-16(19)21-11/h3-8,21H,9-10H2,1-2H3,(H,22,23). The van der Waals surface area contributed by atoms with Crippen molar-refractivity contribution >= 4 is 16.9 Å². The van der Waals surface area contributed by atoms with Gasteiger partial charge in [0.15, 0.2) is 0 Å². The lowest BCUT2D eigenvalue weighted by atomic mass is 9.96. The average molecular weight is 327 g/mol. The molecule has 0 spiro atoms. The molecular weight excluding hydrogens is 309 g/mol. The van der Waals surface area contributed by atoms with Crippen LogP contribution in [0.15, 0.2) is 36.4 Å². The fraction of sp³-hybridized carbons (Fsp3) is 0.211. The second kappa shape index (κ2) is 6.35. The van der Waals surface area contributed by atoms with Crippen LogP contribution in [0.4, 0.5) is 4.39 Å². The molecule has 0 aliphatic rings. The smallest absolute Gasteiger partial charge is 0.307 e. The molecule has 4 nitrogen and oxygen atoms in total. The number of carbonyl (C=O) groups is 1. The summed E-state index contributed by atoms with van der Waals surface area (Å²) in [6.07, 6.45) is 0.386. The van der Waals surface area contributed by atoms with Crippen molar-refractivity contribution in [3.8, 4) is 5.75 Å². The fourth-order valence-electron chi connectivity index (χ4n) is 3.13. The van der Waals surface area contributed by atoms with Crippen molar-refractivity contribution in [2.45, 2.75) is 19.8 Å². The summed E-state index contributed by atoms with van der Waals surface area (Å²) in [5.41, 5.74) is 4.09. The number of ether oxygens (including phenoxy) is 1. The van der Waals surface area contributed by atoms with E-state index in [1.165, 1.54) is 12.1 Å². The van der Waals surface area contributed by atoms with E-state index in [-0.39, 0.29) is 12.2 Å².